The van der Waals surface area contributed by atoms with Crippen LogP contribution in [0.2, 0.25) is 0 Å². The van der Waals surface area contributed by atoms with Crippen LogP contribution in [0.25, 0.3) is 11.3 Å². The van der Waals surface area contributed by atoms with Gasteiger partial charge in [-0.1, -0.05) is 16.5 Å². The van der Waals surface area contributed by atoms with E-state index in [4.69, 9.17) is 15.0 Å². The molecule has 0 radical (unpaired) electrons. The second-order valence-corrected chi connectivity index (χ2v) is 6.07. The van der Waals surface area contributed by atoms with Gasteiger partial charge in [-0.25, -0.2) is 4.98 Å². The smallest absolute Gasteiger partial charge is 0.278 e. The number of thiazole rings is 1. The summed E-state index contributed by atoms with van der Waals surface area (Å²) in [6.07, 6.45) is 0. The number of amides is 2. The predicted molar refractivity (Wildman–Crippen MR) is 96.6 cm³/mol. The van der Waals surface area contributed by atoms with Gasteiger partial charge in [0.1, 0.15) is 10.8 Å². The standard InChI is InChI=1S/C16H15N5O4S/c1-18-16-19-12(13(17)22)15(26-16)20-14(23)10-7-11(25-21-10)8-3-5-9(24-2)6-4-8/h3-7H,1-2H3,(H2,17,22)(H,18,19)(H,20,23). The number of methoxy groups -OCH3 is 1. The number of nitrogens with two attached hydrogens (primary N) is 1. The zero-order valence-electron chi connectivity index (χ0n) is 13.9. The minimum Gasteiger partial charge on any atom is -0.497 e. The van der Waals surface area contributed by atoms with Crippen LogP contribution in [0.4, 0.5) is 10.1 Å². The number of rotatable bonds is 6. The van der Waals surface area contributed by atoms with Crippen molar-refractivity contribution in [3.63, 3.8) is 0 Å². The molecule has 0 saturated heterocycles. The average molecular weight is 373 g/mol. The van der Waals surface area contributed by atoms with Crippen molar-refractivity contribution in [2.24, 2.45) is 5.73 Å². The average Bonchev–Trinajstić information content (AvgIpc) is 3.29. The second-order valence-electron chi connectivity index (χ2n) is 5.07. The molecule has 2 heterocycles. The van der Waals surface area contributed by atoms with Gasteiger partial charge in [0.05, 0.1) is 7.11 Å². The summed E-state index contributed by atoms with van der Waals surface area (Å²) in [7, 11) is 3.22. The van der Waals surface area contributed by atoms with Gasteiger partial charge in [0.2, 0.25) is 0 Å². The van der Waals surface area contributed by atoms with Crippen LogP contribution in [0, 0.1) is 0 Å². The van der Waals surface area contributed by atoms with E-state index in [9.17, 15) is 9.59 Å². The lowest BCUT2D eigenvalue weighted by atomic mass is 10.1. The number of ether oxygens (including phenoxy) is 1. The fourth-order valence-electron chi connectivity index (χ4n) is 2.12. The quantitative estimate of drug-likeness (QED) is 0.603. The van der Waals surface area contributed by atoms with Gasteiger partial charge < -0.3 is 25.6 Å². The fraction of sp³-hybridized carbons (Fsp3) is 0.125. The molecule has 0 saturated carbocycles. The maximum absolute atomic E-state index is 12.4. The molecule has 0 fully saturated rings. The van der Waals surface area contributed by atoms with Crippen LogP contribution in [0.15, 0.2) is 34.9 Å². The fourth-order valence-corrected chi connectivity index (χ4v) is 2.94. The number of benzene rings is 1. The molecule has 0 aliphatic rings. The molecule has 1 aromatic carbocycles. The van der Waals surface area contributed by atoms with Crippen molar-refractivity contribution < 1.29 is 18.8 Å². The van der Waals surface area contributed by atoms with E-state index in [0.29, 0.717) is 16.6 Å². The number of primary amides is 1. The third-order valence-electron chi connectivity index (χ3n) is 3.42. The van der Waals surface area contributed by atoms with Crippen LogP contribution < -0.4 is 21.1 Å². The minimum atomic E-state index is -0.739. The summed E-state index contributed by atoms with van der Waals surface area (Å²) in [5.74, 6) is -0.150. The van der Waals surface area contributed by atoms with E-state index in [2.05, 4.69) is 20.8 Å². The van der Waals surface area contributed by atoms with E-state index in [1.807, 2.05) is 0 Å². The van der Waals surface area contributed by atoms with E-state index < -0.39 is 11.8 Å². The highest BCUT2D eigenvalue weighted by molar-refractivity contribution is 7.20. The molecule has 2 aromatic heterocycles. The Morgan fingerprint density at radius 2 is 2.00 bits per heavy atom. The highest BCUT2D eigenvalue weighted by Gasteiger charge is 2.20. The maximum atomic E-state index is 12.4. The van der Waals surface area contributed by atoms with Gasteiger partial charge in [-0.3, -0.25) is 9.59 Å². The first-order valence-electron chi connectivity index (χ1n) is 7.42. The lowest BCUT2D eigenvalue weighted by molar-refractivity contribution is 0.0997. The van der Waals surface area contributed by atoms with Gasteiger partial charge in [0, 0.05) is 18.7 Å². The van der Waals surface area contributed by atoms with E-state index in [0.717, 1.165) is 16.9 Å². The van der Waals surface area contributed by atoms with E-state index in [1.165, 1.54) is 6.07 Å². The molecule has 0 unspecified atom stereocenters. The first-order chi connectivity index (χ1) is 12.5. The van der Waals surface area contributed by atoms with Crippen LogP contribution in [-0.4, -0.2) is 36.1 Å². The number of anilines is 2. The summed E-state index contributed by atoms with van der Waals surface area (Å²) in [6, 6.07) is 8.62. The molecule has 26 heavy (non-hydrogen) atoms. The summed E-state index contributed by atoms with van der Waals surface area (Å²) < 4.78 is 10.3. The highest BCUT2D eigenvalue weighted by atomic mass is 32.1. The van der Waals surface area contributed by atoms with Gasteiger partial charge in [-0.05, 0) is 24.3 Å². The Balaban J connectivity index is 1.80. The first kappa shape index (κ1) is 17.4. The lowest BCUT2D eigenvalue weighted by Crippen LogP contribution is -2.17. The van der Waals surface area contributed by atoms with E-state index >= 15 is 0 Å². The van der Waals surface area contributed by atoms with Crippen molar-refractivity contribution in [1.82, 2.24) is 10.1 Å². The molecule has 4 N–H and O–H groups in total. The molecule has 0 aliphatic carbocycles. The summed E-state index contributed by atoms with van der Waals surface area (Å²) in [5, 5.41) is 9.83. The largest absolute Gasteiger partial charge is 0.497 e. The number of carbonyl (C=O) groups is 2. The summed E-state index contributed by atoms with van der Waals surface area (Å²) in [4.78, 5) is 27.8. The molecular formula is C16H15N5O4S. The first-order valence-corrected chi connectivity index (χ1v) is 8.24. The number of nitrogens with zero attached hydrogens (tertiary/aromatic N) is 2. The van der Waals surface area contributed by atoms with Gasteiger partial charge in [-0.15, -0.1) is 0 Å². The van der Waals surface area contributed by atoms with Gasteiger partial charge in [-0.2, -0.15) is 0 Å². The van der Waals surface area contributed by atoms with Crippen molar-refractivity contribution in [3.05, 3.63) is 41.7 Å². The Morgan fingerprint density at radius 3 is 2.62 bits per heavy atom. The van der Waals surface area contributed by atoms with Crippen LogP contribution in [0.5, 0.6) is 5.75 Å². The van der Waals surface area contributed by atoms with Crippen molar-refractivity contribution in [2.75, 3.05) is 24.8 Å². The predicted octanol–water partition coefficient (Wildman–Crippen LogP) is 2.20. The maximum Gasteiger partial charge on any atom is 0.278 e. The SMILES string of the molecule is CNc1nc(C(N)=O)c(NC(=O)c2cc(-c3ccc(OC)cc3)on2)s1. The Bertz CT molecular complexity index is 948. The van der Waals surface area contributed by atoms with Crippen LogP contribution in [0.3, 0.4) is 0 Å². The molecule has 0 spiro atoms. The Labute approximate surface area is 152 Å². The summed E-state index contributed by atoms with van der Waals surface area (Å²) in [6.45, 7) is 0. The van der Waals surface area contributed by atoms with Crippen molar-refractivity contribution >= 4 is 33.3 Å². The number of nitrogens with one attached hydrogen (secondary N) is 2. The number of aromatic nitrogens is 2. The summed E-state index contributed by atoms with van der Waals surface area (Å²) >= 11 is 1.09. The number of carbonyl (C=O) groups excluding carboxylic acids is 2. The third-order valence-corrected chi connectivity index (χ3v) is 4.41. The number of hydrogen-bond acceptors (Lipinski definition) is 8. The van der Waals surface area contributed by atoms with E-state index in [1.54, 1.807) is 38.4 Å². The molecule has 134 valence electrons. The molecule has 0 aliphatic heterocycles. The Hall–Kier alpha value is -3.40. The Kier molecular flexibility index (Phi) is 4.85. The van der Waals surface area contributed by atoms with Gasteiger partial charge >= 0.3 is 0 Å². The molecule has 10 heteroatoms. The minimum absolute atomic E-state index is 0.0217. The van der Waals surface area contributed by atoms with Gasteiger partial charge in [0.25, 0.3) is 11.8 Å². The monoisotopic (exact) mass is 373 g/mol. The topological polar surface area (TPSA) is 132 Å². The zero-order valence-corrected chi connectivity index (χ0v) is 14.7. The normalized spacial score (nSPS) is 10.4. The lowest BCUT2D eigenvalue weighted by Gasteiger charge is -2.00. The second kappa shape index (κ2) is 7.23. The molecular weight excluding hydrogens is 358 g/mol. The third kappa shape index (κ3) is 3.49. The van der Waals surface area contributed by atoms with Crippen molar-refractivity contribution in [2.45, 2.75) is 0 Å². The Morgan fingerprint density at radius 1 is 1.27 bits per heavy atom. The van der Waals surface area contributed by atoms with Crippen molar-refractivity contribution in [1.29, 1.82) is 0 Å². The zero-order chi connectivity index (χ0) is 18.7. The highest BCUT2D eigenvalue weighted by Crippen LogP contribution is 2.29. The number of hydrogen-bond donors (Lipinski definition) is 3. The van der Waals surface area contributed by atoms with Crippen molar-refractivity contribution in [3.8, 4) is 17.1 Å². The molecule has 3 aromatic rings. The van der Waals surface area contributed by atoms with Gasteiger partial charge in [0.15, 0.2) is 22.3 Å². The van der Waals surface area contributed by atoms with Crippen LogP contribution in [0.1, 0.15) is 21.0 Å². The summed E-state index contributed by atoms with van der Waals surface area (Å²) in [5.41, 5.74) is 6.06. The molecule has 0 atom stereocenters. The van der Waals surface area contributed by atoms with Crippen LogP contribution >= 0.6 is 11.3 Å². The van der Waals surface area contributed by atoms with Crippen LogP contribution in [-0.2, 0) is 0 Å². The molecule has 3 rings (SSSR count). The molecule has 2 amide bonds. The van der Waals surface area contributed by atoms with E-state index in [-0.39, 0.29) is 16.4 Å². The molecule has 9 nitrogen and oxygen atoms in total. The molecule has 0 bridgehead atoms.